The molecule has 1 aliphatic heterocycles. The van der Waals surface area contributed by atoms with Gasteiger partial charge in [0.25, 0.3) is 0 Å². The molecule has 3 nitrogen and oxygen atoms in total. The second-order valence-corrected chi connectivity index (χ2v) is 4.33. The van der Waals surface area contributed by atoms with Crippen LogP contribution in [0.1, 0.15) is 38.2 Å². The van der Waals surface area contributed by atoms with Crippen LogP contribution in [0.25, 0.3) is 0 Å². The SMILES string of the molecule is CCCCCCOc1ccc2c(c1)CC(=O)O2. The predicted octanol–water partition coefficient (Wildman–Crippen LogP) is 3.11. The minimum atomic E-state index is -0.180. The molecular weight excluding hydrogens is 216 g/mol. The largest absolute Gasteiger partial charge is 0.494 e. The maximum absolute atomic E-state index is 11.1. The van der Waals surface area contributed by atoms with Gasteiger partial charge in [-0.1, -0.05) is 26.2 Å². The first-order valence-electron chi connectivity index (χ1n) is 6.26. The van der Waals surface area contributed by atoms with Crippen LogP contribution in [0.15, 0.2) is 18.2 Å². The van der Waals surface area contributed by atoms with E-state index in [1.54, 1.807) is 0 Å². The number of rotatable bonds is 6. The van der Waals surface area contributed by atoms with Crippen molar-refractivity contribution in [3.63, 3.8) is 0 Å². The van der Waals surface area contributed by atoms with E-state index in [4.69, 9.17) is 9.47 Å². The first kappa shape index (κ1) is 12.0. The van der Waals surface area contributed by atoms with Gasteiger partial charge in [-0.05, 0) is 24.6 Å². The lowest BCUT2D eigenvalue weighted by Crippen LogP contribution is -2.00. The van der Waals surface area contributed by atoms with Gasteiger partial charge < -0.3 is 9.47 Å². The normalized spacial score (nSPS) is 13.4. The van der Waals surface area contributed by atoms with Gasteiger partial charge in [0.1, 0.15) is 11.5 Å². The Balaban J connectivity index is 1.82. The van der Waals surface area contributed by atoms with Crippen molar-refractivity contribution in [1.82, 2.24) is 0 Å². The Morgan fingerprint density at radius 3 is 3.00 bits per heavy atom. The number of carbonyl (C=O) groups excluding carboxylic acids is 1. The highest BCUT2D eigenvalue weighted by Crippen LogP contribution is 2.29. The van der Waals surface area contributed by atoms with Gasteiger partial charge in [-0.2, -0.15) is 0 Å². The maximum Gasteiger partial charge on any atom is 0.315 e. The van der Waals surface area contributed by atoms with Crippen LogP contribution in [0.4, 0.5) is 0 Å². The van der Waals surface area contributed by atoms with E-state index in [1.165, 1.54) is 19.3 Å². The van der Waals surface area contributed by atoms with E-state index in [1.807, 2.05) is 18.2 Å². The molecule has 92 valence electrons. The Morgan fingerprint density at radius 2 is 2.18 bits per heavy atom. The summed E-state index contributed by atoms with van der Waals surface area (Å²) in [6, 6.07) is 5.57. The highest BCUT2D eigenvalue weighted by atomic mass is 16.5. The van der Waals surface area contributed by atoms with Gasteiger partial charge in [0.2, 0.25) is 0 Å². The molecule has 0 N–H and O–H groups in total. The van der Waals surface area contributed by atoms with Crippen LogP contribution >= 0.6 is 0 Å². The average molecular weight is 234 g/mol. The minimum Gasteiger partial charge on any atom is -0.494 e. The Labute approximate surface area is 102 Å². The number of esters is 1. The van der Waals surface area contributed by atoms with E-state index in [0.29, 0.717) is 12.2 Å². The molecular formula is C14H18O3. The summed E-state index contributed by atoms with van der Waals surface area (Å²) < 4.78 is 10.7. The van der Waals surface area contributed by atoms with Crippen molar-refractivity contribution in [2.75, 3.05) is 6.61 Å². The van der Waals surface area contributed by atoms with Crippen molar-refractivity contribution in [1.29, 1.82) is 0 Å². The zero-order chi connectivity index (χ0) is 12.1. The Morgan fingerprint density at radius 1 is 1.29 bits per heavy atom. The lowest BCUT2D eigenvalue weighted by atomic mass is 10.1. The van der Waals surface area contributed by atoms with Crippen molar-refractivity contribution in [3.8, 4) is 11.5 Å². The fourth-order valence-corrected chi connectivity index (χ4v) is 1.92. The van der Waals surface area contributed by atoms with Crippen molar-refractivity contribution in [2.45, 2.75) is 39.0 Å². The summed E-state index contributed by atoms with van der Waals surface area (Å²) in [5, 5.41) is 0. The molecule has 2 rings (SSSR count). The number of benzene rings is 1. The topological polar surface area (TPSA) is 35.5 Å². The van der Waals surface area contributed by atoms with Crippen LogP contribution in [0.5, 0.6) is 11.5 Å². The highest BCUT2D eigenvalue weighted by molar-refractivity contribution is 5.81. The molecule has 0 saturated carbocycles. The zero-order valence-electron chi connectivity index (χ0n) is 10.2. The molecule has 0 saturated heterocycles. The second-order valence-electron chi connectivity index (χ2n) is 4.33. The summed E-state index contributed by atoms with van der Waals surface area (Å²) in [7, 11) is 0. The third-order valence-electron chi connectivity index (χ3n) is 2.86. The first-order valence-corrected chi connectivity index (χ1v) is 6.26. The lowest BCUT2D eigenvalue weighted by molar-refractivity contribution is -0.131. The van der Waals surface area contributed by atoms with Crippen LogP contribution in [-0.2, 0) is 11.2 Å². The molecule has 0 aromatic heterocycles. The first-order chi connectivity index (χ1) is 8.29. The molecule has 0 aliphatic carbocycles. The van der Waals surface area contributed by atoms with E-state index in [-0.39, 0.29) is 5.97 Å². The third-order valence-corrected chi connectivity index (χ3v) is 2.86. The summed E-state index contributed by atoms with van der Waals surface area (Å²) in [5.74, 6) is 1.33. The molecule has 0 bridgehead atoms. The summed E-state index contributed by atoms with van der Waals surface area (Å²) in [6.45, 7) is 2.94. The molecule has 17 heavy (non-hydrogen) atoms. The number of ether oxygens (including phenoxy) is 2. The summed E-state index contributed by atoms with van der Waals surface area (Å²) >= 11 is 0. The van der Waals surface area contributed by atoms with Crippen LogP contribution in [0.3, 0.4) is 0 Å². The van der Waals surface area contributed by atoms with Gasteiger partial charge in [0.05, 0.1) is 13.0 Å². The molecule has 0 atom stereocenters. The smallest absolute Gasteiger partial charge is 0.315 e. The molecule has 0 radical (unpaired) electrons. The third kappa shape index (κ3) is 3.22. The predicted molar refractivity (Wildman–Crippen MR) is 65.4 cm³/mol. The van der Waals surface area contributed by atoms with Crippen LogP contribution in [0.2, 0.25) is 0 Å². The van der Waals surface area contributed by atoms with Gasteiger partial charge in [0, 0.05) is 5.56 Å². The van der Waals surface area contributed by atoms with Crippen molar-refractivity contribution >= 4 is 5.97 Å². The Hall–Kier alpha value is -1.51. The highest BCUT2D eigenvalue weighted by Gasteiger charge is 2.20. The van der Waals surface area contributed by atoms with E-state index in [2.05, 4.69) is 6.92 Å². The monoisotopic (exact) mass is 234 g/mol. The summed E-state index contributed by atoms with van der Waals surface area (Å²) in [5.41, 5.74) is 0.932. The fourth-order valence-electron chi connectivity index (χ4n) is 1.92. The lowest BCUT2D eigenvalue weighted by Gasteiger charge is -2.06. The van der Waals surface area contributed by atoms with Crippen molar-refractivity contribution in [3.05, 3.63) is 23.8 Å². The molecule has 1 aromatic rings. The standard InChI is InChI=1S/C14H18O3/c1-2-3-4-5-8-16-12-6-7-13-11(9-12)10-14(15)17-13/h6-7,9H,2-5,8,10H2,1H3. The Kier molecular flexibility index (Phi) is 4.02. The summed E-state index contributed by atoms with van der Waals surface area (Å²) in [6.07, 6.45) is 5.15. The van der Waals surface area contributed by atoms with Crippen LogP contribution in [0, 0.1) is 0 Å². The molecule has 0 spiro atoms. The van der Waals surface area contributed by atoms with E-state index in [0.717, 1.165) is 24.3 Å². The minimum absolute atomic E-state index is 0.180. The van der Waals surface area contributed by atoms with Crippen molar-refractivity contribution < 1.29 is 14.3 Å². The fraction of sp³-hybridized carbons (Fsp3) is 0.500. The molecule has 1 aromatic carbocycles. The van der Waals surface area contributed by atoms with E-state index < -0.39 is 0 Å². The van der Waals surface area contributed by atoms with E-state index >= 15 is 0 Å². The molecule has 0 fully saturated rings. The number of carbonyl (C=O) groups is 1. The van der Waals surface area contributed by atoms with Gasteiger partial charge in [-0.15, -0.1) is 0 Å². The Bertz CT molecular complexity index is 398. The second kappa shape index (κ2) is 5.71. The maximum atomic E-state index is 11.1. The van der Waals surface area contributed by atoms with E-state index in [9.17, 15) is 4.79 Å². The molecule has 3 heteroatoms. The van der Waals surface area contributed by atoms with Gasteiger partial charge in [-0.3, -0.25) is 4.79 Å². The van der Waals surface area contributed by atoms with Crippen molar-refractivity contribution in [2.24, 2.45) is 0 Å². The molecule has 1 heterocycles. The molecule has 1 aliphatic rings. The average Bonchev–Trinajstić information content (AvgIpc) is 2.68. The number of unbranched alkanes of at least 4 members (excludes halogenated alkanes) is 3. The zero-order valence-corrected chi connectivity index (χ0v) is 10.2. The number of hydrogen-bond donors (Lipinski definition) is 0. The summed E-state index contributed by atoms with van der Waals surface area (Å²) in [4.78, 5) is 11.1. The van der Waals surface area contributed by atoms with Gasteiger partial charge in [-0.25, -0.2) is 0 Å². The quantitative estimate of drug-likeness (QED) is 0.431. The van der Waals surface area contributed by atoms with Gasteiger partial charge in [0.15, 0.2) is 0 Å². The van der Waals surface area contributed by atoms with Crippen LogP contribution in [-0.4, -0.2) is 12.6 Å². The van der Waals surface area contributed by atoms with Crippen LogP contribution < -0.4 is 9.47 Å². The molecule has 0 unspecified atom stereocenters. The number of fused-ring (bicyclic) bond motifs is 1. The van der Waals surface area contributed by atoms with Gasteiger partial charge >= 0.3 is 5.97 Å². The molecule has 0 amide bonds. The number of hydrogen-bond acceptors (Lipinski definition) is 3.